The highest BCUT2D eigenvalue weighted by Gasteiger charge is 2.02. The van der Waals surface area contributed by atoms with Crippen molar-refractivity contribution in [2.24, 2.45) is 0 Å². The van der Waals surface area contributed by atoms with E-state index in [1.165, 1.54) is 0 Å². The Labute approximate surface area is 111 Å². The van der Waals surface area contributed by atoms with Crippen molar-refractivity contribution in [3.63, 3.8) is 0 Å². The fourth-order valence-electron chi connectivity index (χ4n) is 1.31. The minimum absolute atomic E-state index is 0.618. The summed E-state index contributed by atoms with van der Waals surface area (Å²) in [6, 6.07) is 10.6. The molecule has 0 amide bonds. The molecular weight excluding hydrogens is 252 g/mol. The molecule has 0 unspecified atom stereocenters. The van der Waals surface area contributed by atoms with E-state index in [2.05, 4.69) is 25.3 Å². The molecule has 17 heavy (non-hydrogen) atoms. The van der Waals surface area contributed by atoms with Crippen molar-refractivity contribution < 1.29 is 4.74 Å². The van der Waals surface area contributed by atoms with Crippen molar-refractivity contribution in [2.75, 3.05) is 11.5 Å². The standard InChI is InChI=1S/C12H12N2OS2/c13-9-3-1-7(5-11(9)16)15-8-2-4-10(14)12(17)6-8/h1-6,16-17H,13-14H2. The highest BCUT2D eigenvalue weighted by atomic mass is 32.1. The number of ether oxygens (including phenoxy) is 1. The molecular formula is C12H12N2OS2. The summed E-state index contributed by atoms with van der Waals surface area (Å²) in [6.07, 6.45) is 0. The van der Waals surface area contributed by atoms with Crippen LogP contribution in [-0.4, -0.2) is 0 Å². The van der Waals surface area contributed by atoms with Gasteiger partial charge >= 0.3 is 0 Å². The predicted molar refractivity (Wildman–Crippen MR) is 76.3 cm³/mol. The van der Waals surface area contributed by atoms with Crippen LogP contribution in [0.25, 0.3) is 0 Å². The van der Waals surface area contributed by atoms with E-state index in [1.54, 1.807) is 36.4 Å². The summed E-state index contributed by atoms with van der Waals surface area (Å²) in [4.78, 5) is 1.37. The lowest BCUT2D eigenvalue weighted by Crippen LogP contribution is -1.90. The molecule has 0 aliphatic carbocycles. The Morgan fingerprint density at radius 3 is 1.53 bits per heavy atom. The molecule has 0 aliphatic heterocycles. The average Bonchev–Trinajstić information content (AvgIpc) is 2.29. The predicted octanol–water partition coefficient (Wildman–Crippen LogP) is 3.22. The summed E-state index contributed by atoms with van der Waals surface area (Å²) in [7, 11) is 0. The summed E-state index contributed by atoms with van der Waals surface area (Å²) in [5.74, 6) is 1.34. The summed E-state index contributed by atoms with van der Waals surface area (Å²) in [5.41, 5.74) is 12.6. The second kappa shape index (κ2) is 4.81. The number of hydrogen-bond donors (Lipinski definition) is 4. The monoisotopic (exact) mass is 264 g/mol. The lowest BCUT2D eigenvalue weighted by atomic mass is 10.3. The first kappa shape index (κ1) is 12.0. The number of rotatable bonds is 2. The third kappa shape index (κ3) is 2.81. The van der Waals surface area contributed by atoms with E-state index in [4.69, 9.17) is 16.2 Å². The quantitative estimate of drug-likeness (QED) is 0.497. The molecule has 2 rings (SSSR count). The van der Waals surface area contributed by atoms with Gasteiger partial charge in [0.1, 0.15) is 11.5 Å². The van der Waals surface area contributed by atoms with Gasteiger partial charge in [0.05, 0.1) is 0 Å². The highest BCUT2D eigenvalue weighted by molar-refractivity contribution is 7.80. The van der Waals surface area contributed by atoms with Gasteiger partial charge in [0.15, 0.2) is 0 Å². The number of nitrogens with two attached hydrogens (primary N) is 2. The molecule has 2 aromatic carbocycles. The lowest BCUT2D eigenvalue weighted by molar-refractivity contribution is 0.480. The largest absolute Gasteiger partial charge is 0.457 e. The zero-order valence-corrected chi connectivity index (χ0v) is 10.7. The summed E-state index contributed by atoms with van der Waals surface area (Å²) in [5, 5.41) is 0. The Kier molecular flexibility index (Phi) is 3.40. The second-order valence-corrected chi connectivity index (χ2v) is 4.51. The van der Waals surface area contributed by atoms with E-state index in [0.717, 1.165) is 0 Å². The smallest absolute Gasteiger partial charge is 0.128 e. The van der Waals surface area contributed by atoms with Crippen molar-refractivity contribution in [2.45, 2.75) is 9.79 Å². The molecule has 4 N–H and O–H groups in total. The zero-order valence-electron chi connectivity index (χ0n) is 8.92. The number of benzene rings is 2. The minimum Gasteiger partial charge on any atom is -0.457 e. The molecule has 0 saturated heterocycles. The first-order chi connectivity index (χ1) is 8.06. The van der Waals surface area contributed by atoms with Crippen LogP contribution in [0.15, 0.2) is 46.2 Å². The van der Waals surface area contributed by atoms with Crippen LogP contribution >= 0.6 is 25.3 Å². The minimum atomic E-state index is 0.618. The van der Waals surface area contributed by atoms with E-state index in [-0.39, 0.29) is 0 Å². The van der Waals surface area contributed by atoms with Crippen LogP contribution in [0.1, 0.15) is 0 Å². The van der Waals surface area contributed by atoms with Crippen LogP contribution in [0.2, 0.25) is 0 Å². The van der Waals surface area contributed by atoms with E-state index in [0.29, 0.717) is 32.7 Å². The first-order valence-electron chi connectivity index (χ1n) is 4.91. The molecule has 0 heterocycles. The molecule has 0 saturated carbocycles. The van der Waals surface area contributed by atoms with Crippen LogP contribution in [0.3, 0.4) is 0 Å². The van der Waals surface area contributed by atoms with Gasteiger partial charge < -0.3 is 16.2 Å². The third-order valence-electron chi connectivity index (χ3n) is 2.24. The Morgan fingerprint density at radius 1 is 0.765 bits per heavy atom. The van der Waals surface area contributed by atoms with Gasteiger partial charge in [-0.3, -0.25) is 0 Å². The molecule has 5 heteroatoms. The van der Waals surface area contributed by atoms with Gasteiger partial charge in [-0.2, -0.15) is 0 Å². The average molecular weight is 264 g/mol. The number of nitrogen functional groups attached to an aromatic ring is 2. The van der Waals surface area contributed by atoms with Gasteiger partial charge in [-0.15, -0.1) is 25.3 Å². The molecule has 0 bridgehead atoms. The third-order valence-corrected chi connectivity index (χ3v) is 3.01. The highest BCUT2D eigenvalue weighted by Crippen LogP contribution is 2.29. The zero-order chi connectivity index (χ0) is 12.4. The van der Waals surface area contributed by atoms with E-state index in [1.807, 2.05) is 0 Å². The van der Waals surface area contributed by atoms with Gasteiger partial charge in [0.25, 0.3) is 0 Å². The maximum absolute atomic E-state index is 5.67. The van der Waals surface area contributed by atoms with Crippen LogP contribution in [0.5, 0.6) is 11.5 Å². The summed E-state index contributed by atoms with van der Waals surface area (Å²) < 4.78 is 5.64. The lowest BCUT2D eigenvalue weighted by Gasteiger charge is -2.08. The van der Waals surface area contributed by atoms with Gasteiger partial charge in [-0.25, -0.2) is 0 Å². The SMILES string of the molecule is Nc1ccc(Oc2ccc(N)c(S)c2)cc1S. The Hall–Kier alpha value is -1.46. The maximum Gasteiger partial charge on any atom is 0.128 e. The van der Waals surface area contributed by atoms with Crippen molar-refractivity contribution in [1.29, 1.82) is 0 Å². The fourth-order valence-corrected chi connectivity index (χ4v) is 1.71. The molecule has 0 aromatic heterocycles. The number of hydrogen-bond acceptors (Lipinski definition) is 5. The second-order valence-electron chi connectivity index (χ2n) is 3.54. The maximum atomic E-state index is 5.67. The van der Waals surface area contributed by atoms with Crippen LogP contribution in [0.4, 0.5) is 11.4 Å². The molecule has 88 valence electrons. The molecule has 0 fully saturated rings. The van der Waals surface area contributed by atoms with Crippen molar-refractivity contribution in [3.8, 4) is 11.5 Å². The van der Waals surface area contributed by atoms with Crippen LogP contribution in [0, 0.1) is 0 Å². The van der Waals surface area contributed by atoms with Crippen LogP contribution < -0.4 is 16.2 Å². The van der Waals surface area contributed by atoms with Crippen molar-refractivity contribution >= 4 is 36.6 Å². The topological polar surface area (TPSA) is 61.3 Å². The normalized spacial score (nSPS) is 10.2. The molecule has 2 aromatic rings. The van der Waals surface area contributed by atoms with E-state index < -0.39 is 0 Å². The van der Waals surface area contributed by atoms with Gasteiger partial charge in [0, 0.05) is 21.2 Å². The number of anilines is 2. The Morgan fingerprint density at radius 2 is 1.18 bits per heavy atom. The molecule has 0 atom stereocenters. The first-order valence-corrected chi connectivity index (χ1v) is 5.80. The summed E-state index contributed by atoms with van der Waals surface area (Å²) >= 11 is 8.46. The van der Waals surface area contributed by atoms with Crippen molar-refractivity contribution in [1.82, 2.24) is 0 Å². The molecule has 0 radical (unpaired) electrons. The van der Waals surface area contributed by atoms with Crippen LogP contribution in [-0.2, 0) is 0 Å². The molecule has 0 spiro atoms. The van der Waals surface area contributed by atoms with Gasteiger partial charge in [0.2, 0.25) is 0 Å². The number of thiol groups is 2. The Balaban J connectivity index is 2.25. The van der Waals surface area contributed by atoms with E-state index in [9.17, 15) is 0 Å². The Bertz CT molecular complexity index is 509. The fraction of sp³-hybridized carbons (Fsp3) is 0. The van der Waals surface area contributed by atoms with Gasteiger partial charge in [-0.1, -0.05) is 0 Å². The van der Waals surface area contributed by atoms with E-state index >= 15 is 0 Å². The molecule has 3 nitrogen and oxygen atoms in total. The molecule has 0 aliphatic rings. The van der Waals surface area contributed by atoms with Gasteiger partial charge in [-0.05, 0) is 36.4 Å². The summed E-state index contributed by atoms with van der Waals surface area (Å²) in [6.45, 7) is 0. The van der Waals surface area contributed by atoms with Crippen molar-refractivity contribution in [3.05, 3.63) is 36.4 Å².